The molecule has 16 heavy (non-hydrogen) atoms. The van der Waals surface area contributed by atoms with E-state index in [1.54, 1.807) is 0 Å². The van der Waals surface area contributed by atoms with Crippen molar-refractivity contribution in [3.63, 3.8) is 0 Å². The van der Waals surface area contributed by atoms with E-state index >= 15 is 0 Å². The summed E-state index contributed by atoms with van der Waals surface area (Å²) in [5.74, 6) is 0. The summed E-state index contributed by atoms with van der Waals surface area (Å²) in [7, 11) is 0. The van der Waals surface area contributed by atoms with Gasteiger partial charge in [-0.2, -0.15) is 0 Å². The molecule has 2 heteroatoms. The summed E-state index contributed by atoms with van der Waals surface area (Å²) in [4.78, 5) is 2.68. The Bertz CT molecular complexity index is 227. The molecule has 0 amide bonds. The third-order valence-electron chi connectivity index (χ3n) is 4.11. The molecule has 1 saturated heterocycles. The van der Waals surface area contributed by atoms with Crippen molar-refractivity contribution in [2.45, 2.75) is 72.5 Å². The molecule has 0 saturated carbocycles. The third kappa shape index (κ3) is 2.98. The van der Waals surface area contributed by atoms with Crippen LogP contribution in [-0.2, 0) is 0 Å². The Labute approximate surface area is 102 Å². The van der Waals surface area contributed by atoms with E-state index < -0.39 is 0 Å². The van der Waals surface area contributed by atoms with Crippen LogP contribution in [0.5, 0.6) is 0 Å². The zero-order valence-corrected chi connectivity index (χ0v) is 12.2. The van der Waals surface area contributed by atoms with E-state index in [-0.39, 0.29) is 5.54 Å². The Morgan fingerprint density at radius 2 is 1.94 bits per heavy atom. The summed E-state index contributed by atoms with van der Waals surface area (Å²) in [5, 5.41) is 3.72. The van der Waals surface area contributed by atoms with E-state index in [0.717, 1.165) is 6.54 Å². The molecule has 1 aliphatic heterocycles. The van der Waals surface area contributed by atoms with E-state index in [1.165, 1.54) is 13.0 Å². The first-order valence-electron chi connectivity index (χ1n) is 6.68. The van der Waals surface area contributed by atoms with Gasteiger partial charge in [-0.15, -0.1) is 0 Å². The summed E-state index contributed by atoms with van der Waals surface area (Å²) in [6, 6.07) is 1.29. The largest absolute Gasteiger partial charge is 0.310 e. The average Bonchev–Trinajstić information content (AvgIpc) is 2.14. The Morgan fingerprint density at radius 3 is 2.38 bits per heavy atom. The van der Waals surface area contributed by atoms with Crippen molar-refractivity contribution < 1.29 is 0 Å². The minimum atomic E-state index is 0.289. The van der Waals surface area contributed by atoms with Crippen LogP contribution in [0.15, 0.2) is 0 Å². The summed E-state index contributed by atoms with van der Waals surface area (Å²) < 4.78 is 0. The van der Waals surface area contributed by atoms with Crippen molar-refractivity contribution in [3.05, 3.63) is 0 Å². The lowest BCUT2D eigenvalue weighted by Crippen LogP contribution is -2.66. The van der Waals surface area contributed by atoms with Crippen LogP contribution in [0.25, 0.3) is 0 Å². The van der Waals surface area contributed by atoms with Gasteiger partial charge in [0.05, 0.1) is 0 Å². The Kier molecular flexibility index (Phi) is 4.07. The molecule has 2 atom stereocenters. The first kappa shape index (κ1) is 14.0. The maximum absolute atomic E-state index is 3.72. The first-order valence-corrected chi connectivity index (χ1v) is 6.68. The summed E-state index contributed by atoms with van der Waals surface area (Å²) in [5.41, 5.74) is 0.638. The number of nitrogens with one attached hydrogen (secondary N) is 1. The van der Waals surface area contributed by atoms with Gasteiger partial charge in [0.25, 0.3) is 0 Å². The second-order valence-corrected chi connectivity index (χ2v) is 7.02. The smallest absolute Gasteiger partial charge is 0.0281 e. The van der Waals surface area contributed by atoms with Crippen LogP contribution in [0.4, 0.5) is 0 Å². The standard InChI is InChI=1S/C14H30N2/c1-8-11(2)16-9-12(13(3,4)5)15-10-14(16,6)7/h11-12,15H,8-10H2,1-7H3. The van der Waals surface area contributed by atoms with Crippen LogP contribution < -0.4 is 5.32 Å². The maximum atomic E-state index is 3.72. The molecular weight excluding hydrogens is 196 g/mol. The number of piperazine rings is 1. The fourth-order valence-corrected chi connectivity index (χ4v) is 2.56. The maximum Gasteiger partial charge on any atom is 0.0281 e. The monoisotopic (exact) mass is 226 g/mol. The number of nitrogens with zero attached hydrogens (tertiary/aromatic N) is 1. The van der Waals surface area contributed by atoms with Gasteiger partial charge >= 0.3 is 0 Å². The summed E-state index contributed by atoms with van der Waals surface area (Å²) >= 11 is 0. The van der Waals surface area contributed by atoms with E-state index in [2.05, 4.69) is 58.7 Å². The molecule has 1 rings (SSSR count). The molecule has 1 aliphatic rings. The minimum absolute atomic E-state index is 0.289. The van der Waals surface area contributed by atoms with Crippen LogP contribution in [0.1, 0.15) is 54.9 Å². The van der Waals surface area contributed by atoms with Gasteiger partial charge in [-0.3, -0.25) is 4.90 Å². The van der Waals surface area contributed by atoms with Crippen LogP contribution >= 0.6 is 0 Å². The molecule has 0 aromatic carbocycles. The van der Waals surface area contributed by atoms with E-state index in [4.69, 9.17) is 0 Å². The van der Waals surface area contributed by atoms with Gasteiger partial charge < -0.3 is 5.32 Å². The van der Waals surface area contributed by atoms with Crippen molar-refractivity contribution >= 4 is 0 Å². The Hall–Kier alpha value is -0.0800. The van der Waals surface area contributed by atoms with Crippen molar-refractivity contribution in [2.75, 3.05) is 13.1 Å². The fourth-order valence-electron chi connectivity index (χ4n) is 2.56. The Morgan fingerprint density at radius 1 is 1.38 bits per heavy atom. The highest BCUT2D eigenvalue weighted by molar-refractivity contribution is 4.98. The number of hydrogen-bond donors (Lipinski definition) is 1. The number of hydrogen-bond acceptors (Lipinski definition) is 2. The highest BCUT2D eigenvalue weighted by atomic mass is 15.3. The molecule has 2 unspecified atom stereocenters. The Balaban J connectivity index is 2.78. The van der Waals surface area contributed by atoms with Crippen LogP contribution in [0.3, 0.4) is 0 Å². The summed E-state index contributed by atoms with van der Waals surface area (Å²) in [6.07, 6.45) is 1.24. The van der Waals surface area contributed by atoms with E-state index in [9.17, 15) is 0 Å². The minimum Gasteiger partial charge on any atom is -0.310 e. The summed E-state index contributed by atoms with van der Waals surface area (Å²) in [6.45, 7) is 18.6. The van der Waals surface area contributed by atoms with E-state index in [0.29, 0.717) is 17.5 Å². The molecule has 0 spiro atoms. The van der Waals surface area contributed by atoms with Gasteiger partial charge in [-0.05, 0) is 32.6 Å². The number of rotatable bonds is 2. The normalized spacial score (nSPS) is 29.1. The predicted molar refractivity (Wildman–Crippen MR) is 71.8 cm³/mol. The lowest BCUT2D eigenvalue weighted by molar-refractivity contribution is 0.00621. The zero-order valence-electron chi connectivity index (χ0n) is 12.2. The topological polar surface area (TPSA) is 15.3 Å². The van der Waals surface area contributed by atoms with Crippen molar-refractivity contribution in [1.29, 1.82) is 0 Å². The highest BCUT2D eigenvalue weighted by Gasteiger charge is 2.39. The molecule has 0 radical (unpaired) electrons. The van der Waals surface area contributed by atoms with Gasteiger partial charge in [0.2, 0.25) is 0 Å². The SMILES string of the molecule is CCC(C)N1CC(C(C)(C)C)NCC1(C)C. The zero-order chi connectivity index (χ0) is 12.6. The first-order chi connectivity index (χ1) is 7.18. The molecule has 2 nitrogen and oxygen atoms in total. The van der Waals surface area contributed by atoms with Gasteiger partial charge in [0.1, 0.15) is 0 Å². The molecule has 1 fully saturated rings. The van der Waals surface area contributed by atoms with Crippen LogP contribution in [0.2, 0.25) is 0 Å². The molecule has 0 bridgehead atoms. The average molecular weight is 226 g/mol. The quantitative estimate of drug-likeness (QED) is 0.779. The van der Waals surface area contributed by atoms with E-state index in [1.807, 2.05) is 0 Å². The lowest BCUT2D eigenvalue weighted by Gasteiger charge is -2.52. The molecule has 96 valence electrons. The van der Waals surface area contributed by atoms with Gasteiger partial charge in [-0.25, -0.2) is 0 Å². The lowest BCUT2D eigenvalue weighted by atomic mass is 9.82. The van der Waals surface area contributed by atoms with Gasteiger partial charge in [0.15, 0.2) is 0 Å². The van der Waals surface area contributed by atoms with Crippen molar-refractivity contribution in [1.82, 2.24) is 10.2 Å². The predicted octanol–water partition coefficient (Wildman–Crippen LogP) is 2.88. The van der Waals surface area contributed by atoms with Crippen molar-refractivity contribution in [2.24, 2.45) is 5.41 Å². The van der Waals surface area contributed by atoms with Crippen molar-refractivity contribution in [3.8, 4) is 0 Å². The molecular formula is C14H30N2. The molecule has 0 aromatic rings. The van der Waals surface area contributed by atoms with Gasteiger partial charge in [-0.1, -0.05) is 27.7 Å². The molecule has 1 heterocycles. The van der Waals surface area contributed by atoms with Crippen LogP contribution in [0, 0.1) is 5.41 Å². The van der Waals surface area contributed by atoms with Gasteiger partial charge in [0, 0.05) is 30.7 Å². The van der Waals surface area contributed by atoms with Crippen LogP contribution in [-0.4, -0.2) is 35.6 Å². The fraction of sp³-hybridized carbons (Fsp3) is 1.00. The molecule has 0 aliphatic carbocycles. The molecule has 0 aromatic heterocycles. The highest BCUT2D eigenvalue weighted by Crippen LogP contribution is 2.29. The second kappa shape index (κ2) is 4.66. The third-order valence-corrected chi connectivity index (χ3v) is 4.11. The molecule has 1 N–H and O–H groups in total. The second-order valence-electron chi connectivity index (χ2n) is 7.02.